The molecule has 1 fully saturated rings. The summed E-state index contributed by atoms with van der Waals surface area (Å²) in [4.78, 5) is 49.6. The van der Waals surface area contributed by atoms with E-state index >= 15 is 0 Å². The van der Waals surface area contributed by atoms with Crippen molar-refractivity contribution in [1.29, 1.82) is 0 Å². The lowest BCUT2D eigenvalue weighted by Gasteiger charge is -2.33. The maximum Gasteiger partial charge on any atom is 0.262 e. The summed E-state index contributed by atoms with van der Waals surface area (Å²) in [5, 5.41) is 2.73. The number of rotatable bonds is 3. The summed E-state index contributed by atoms with van der Waals surface area (Å²) in [6.45, 7) is 5.06. The fourth-order valence-electron chi connectivity index (χ4n) is 3.21. The molecule has 0 aliphatic carbocycles. The van der Waals surface area contributed by atoms with Gasteiger partial charge in [-0.05, 0) is 33.1 Å². The van der Waals surface area contributed by atoms with Crippen molar-refractivity contribution < 1.29 is 9.59 Å². The summed E-state index contributed by atoms with van der Waals surface area (Å²) >= 11 is 0. The van der Waals surface area contributed by atoms with E-state index < -0.39 is 17.4 Å². The molecule has 0 spiro atoms. The summed E-state index contributed by atoms with van der Waals surface area (Å²) in [6, 6.07) is 0.256. The quantitative estimate of drug-likeness (QED) is 0.737. The Balaban J connectivity index is 2.17. The highest BCUT2D eigenvalue weighted by Gasteiger charge is 2.24. The molecule has 3 heterocycles. The maximum atomic E-state index is 12.6. The number of piperidine rings is 1. The summed E-state index contributed by atoms with van der Waals surface area (Å²) in [5.41, 5.74) is -0.242. The van der Waals surface area contributed by atoms with E-state index in [4.69, 9.17) is 0 Å². The first-order valence-corrected chi connectivity index (χ1v) is 8.31. The minimum absolute atomic E-state index is 0.0454. The molecule has 2 amide bonds. The van der Waals surface area contributed by atoms with Gasteiger partial charge in [0.2, 0.25) is 11.9 Å². The van der Waals surface area contributed by atoms with Crippen LogP contribution in [-0.4, -0.2) is 40.9 Å². The van der Waals surface area contributed by atoms with E-state index in [1.165, 1.54) is 0 Å². The topological polar surface area (TPSA) is 108 Å². The molecule has 1 aromatic rings. The van der Waals surface area contributed by atoms with E-state index in [1.807, 2.05) is 4.90 Å². The third-order valence-electron chi connectivity index (χ3n) is 4.43. The van der Waals surface area contributed by atoms with Crippen molar-refractivity contribution in [2.75, 3.05) is 18.0 Å². The summed E-state index contributed by atoms with van der Waals surface area (Å²) in [6.07, 6.45) is 3.01. The lowest BCUT2D eigenvalue weighted by Crippen LogP contribution is -2.52. The molecule has 1 atom stereocenters. The van der Waals surface area contributed by atoms with Crippen LogP contribution >= 0.6 is 0 Å². The number of aromatic nitrogens is 2. The van der Waals surface area contributed by atoms with Crippen LogP contribution in [0, 0.1) is 0 Å². The molecule has 0 bridgehead atoms. The number of carbonyl (C=O) groups is 2. The van der Waals surface area contributed by atoms with Gasteiger partial charge in [-0.2, -0.15) is 9.98 Å². The second-order valence-corrected chi connectivity index (χ2v) is 6.15. The first kappa shape index (κ1) is 16.4. The Labute approximate surface area is 138 Å². The van der Waals surface area contributed by atoms with Crippen LogP contribution in [-0.2, 0) is 9.59 Å². The van der Waals surface area contributed by atoms with Crippen molar-refractivity contribution in [3.8, 4) is 0 Å². The molecule has 8 nitrogen and oxygen atoms in total. The van der Waals surface area contributed by atoms with E-state index in [-0.39, 0.29) is 28.7 Å². The Bertz CT molecular complexity index is 857. The van der Waals surface area contributed by atoms with E-state index in [1.54, 1.807) is 6.92 Å². The number of H-pyrrole nitrogens is 1. The highest BCUT2D eigenvalue weighted by Crippen LogP contribution is 2.19. The molecule has 24 heavy (non-hydrogen) atoms. The smallest absolute Gasteiger partial charge is 0.262 e. The Morgan fingerprint density at radius 3 is 2.88 bits per heavy atom. The van der Waals surface area contributed by atoms with Crippen LogP contribution in [0.1, 0.15) is 39.5 Å². The number of amides is 2. The maximum absolute atomic E-state index is 12.6. The first-order valence-electron chi connectivity index (χ1n) is 8.31. The van der Waals surface area contributed by atoms with Crippen molar-refractivity contribution in [1.82, 2.24) is 15.3 Å². The van der Waals surface area contributed by atoms with Gasteiger partial charge in [-0.15, -0.1) is 0 Å². The van der Waals surface area contributed by atoms with Gasteiger partial charge in [0.25, 0.3) is 11.5 Å². The highest BCUT2D eigenvalue weighted by molar-refractivity contribution is 6.17. The molecule has 0 radical (unpaired) electrons. The number of aromatic amines is 1. The Morgan fingerprint density at radius 2 is 2.17 bits per heavy atom. The van der Waals surface area contributed by atoms with Gasteiger partial charge in [-0.1, -0.05) is 0 Å². The van der Waals surface area contributed by atoms with E-state index in [2.05, 4.69) is 27.2 Å². The predicted molar refractivity (Wildman–Crippen MR) is 88.0 cm³/mol. The van der Waals surface area contributed by atoms with Crippen LogP contribution in [0.5, 0.6) is 0 Å². The lowest BCUT2D eigenvalue weighted by atomic mass is 10.0. The normalized spacial score (nSPS) is 20.4. The van der Waals surface area contributed by atoms with Gasteiger partial charge in [0.1, 0.15) is 0 Å². The third-order valence-corrected chi connectivity index (χ3v) is 4.43. The van der Waals surface area contributed by atoms with Gasteiger partial charge in [0.15, 0.2) is 5.49 Å². The van der Waals surface area contributed by atoms with Crippen LogP contribution in [0.15, 0.2) is 9.79 Å². The largest absolute Gasteiger partial charge is 0.353 e. The van der Waals surface area contributed by atoms with Crippen LogP contribution < -0.4 is 26.5 Å². The molecule has 1 unspecified atom stereocenters. The van der Waals surface area contributed by atoms with Crippen molar-refractivity contribution >= 4 is 23.3 Å². The van der Waals surface area contributed by atoms with Gasteiger partial charge < -0.3 is 10.2 Å². The van der Waals surface area contributed by atoms with E-state index in [0.29, 0.717) is 12.5 Å². The van der Waals surface area contributed by atoms with E-state index in [9.17, 15) is 14.4 Å². The van der Waals surface area contributed by atoms with Crippen molar-refractivity contribution in [3.63, 3.8) is 0 Å². The molecule has 1 saturated heterocycles. The van der Waals surface area contributed by atoms with Gasteiger partial charge in [-0.3, -0.25) is 19.4 Å². The van der Waals surface area contributed by atoms with Crippen molar-refractivity contribution in [2.45, 2.75) is 45.6 Å². The molecule has 2 aliphatic heterocycles. The zero-order valence-corrected chi connectivity index (χ0v) is 13.9. The van der Waals surface area contributed by atoms with Gasteiger partial charge in [0.05, 0.1) is 11.6 Å². The number of hydrogen-bond donors (Lipinski definition) is 2. The molecule has 1 aromatic heterocycles. The minimum atomic E-state index is -0.459. The Kier molecular flexibility index (Phi) is 4.46. The predicted octanol–water partition coefficient (Wildman–Crippen LogP) is -1.01. The molecular formula is C16H21N5O3. The fraction of sp³-hybridized carbons (Fsp3) is 0.562. The van der Waals surface area contributed by atoms with E-state index in [0.717, 1.165) is 25.8 Å². The van der Waals surface area contributed by atoms with Crippen molar-refractivity contribution in [2.24, 2.45) is 4.99 Å². The number of carbonyl (C=O) groups excluding carboxylic acids is 2. The van der Waals surface area contributed by atoms with Crippen LogP contribution in [0.4, 0.5) is 5.95 Å². The number of nitrogens with one attached hydrogen (secondary N) is 2. The molecule has 8 heteroatoms. The van der Waals surface area contributed by atoms with Gasteiger partial charge in [-0.25, -0.2) is 0 Å². The average molecular weight is 331 g/mol. The molecule has 0 saturated carbocycles. The van der Waals surface area contributed by atoms with Crippen LogP contribution in [0.25, 0.3) is 5.57 Å². The Morgan fingerprint density at radius 1 is 1.38 bits per heavy atom. The second kappa shape index (κ2) is 6.54. The standard InChI is InChI=1S/C16H21N5O3/c1-3-17-14(23)10-8-11(22)18-13-12(10)15(24)20-16(19-13)21-7-5-4-6-9(21)2/h9H,3-8H2,1-2H3,(H,17,23)(H,18,19,20,22,24). The highest BCUT2D eigenvalue weighted by atomic mass is 16.2. The number of anilines is 1. The summed E-state index contributed by atoms with van der Waals surface area (Å²) < 4.78 is 0. The first-order chi connectivity index (χ1) is 11.5. The molecule has 0 aromatic carbocycles. The fourth-order valence-corrected chi connectivity index (χ4v) is 3.21. The van der Waals surface area contributed by atoms with Crippen LogP contribution in [0.3, 0.4) is 0 Å². The second-order valence-electron chi connectivity index (χ2n) is 6.15. The molecule has 3 rings (SSSR count). The molecule has 2 aliphatic rings. The number of nitrogens with zero attached hydrogens (tertiary/aromatic N) is 3. The molecule has 2 N–H and O–H groups in total. The SMILES string of the molecule is CCNC(=O)C1=c2c(nc(N3CCCCC3C)[nH]c2=O)=NC(=O)C1. The average Bonchev–Trinajstić information content (AvgIpc) is 2.54. The summed E-state index contributed by atoms with van der Waals surface area (Å²) in [7, 11) is 0. The summed E-state index contributed by atoms with van der Waals surface area (Å²) in [5.74, 6) is -0.465. The molecule has 128 valence electrons. The van der Waals surface area contributed by atoms with Gasteiger partial charge >= 0.3 is 0 Å². The molecular weight excluding hydrogens is 310 g/mol. The lowest BCUT2D eigenvalue weighted by molar-refractivity contribution is -0.120. The van der Waals surface area contributed by atoms with Crippen LogP contribution in [0.2, 0.25) is 0 Å². The van der Waals surface area contributed by atoms with Gasteiger partial charge in [0, 0.05) is 24.7 Å². The Hall–Kier alpha value is -2.51. The zero-order valence-electron chi connectivity index (χ0n) is 13.9. The van der Waals surface area contributed by atoms with Crippen molar-refractivity contribution in [3.05, 3.63) is 21.1 Å². The third kappa shape index (κ3) is 2.95. The monoisotopic (exact) mass is 331 g/mol. The number of hydrogen-bond acceptors (Lipinski definition) is 5. The number of fused-ring (bicyclic) bond motifs is 1. The zero-order chi connectivity index (χ0) is 17.3. The minimum Gasteiger partial charge on any atom is -0.353 e.